The third-order valence-electron chi connectivity index (χ3n) is 7.86. The van der Waals surface area contributed by atoms with Crippen LogP contribution in [0.3, 0.4) is 0 Å². The van der Waals surface area contributed by atoms with E-state index in [1.807, 2.05) is 6.07 Å². The molecular formula is C31H36FN3. The number of halogens is 1. The minimum atomic E-state index is -0.551. The second kappa shape index (κ2) is 11.6. The van der Waals surface area contributed by atoms with Crippen molar-refractivity contribution in [2.75, 3.05) is 0 Å². The van der Waals surface area contributed by atoms with Crippen molar-refractivity contribution in [2.24, 2.45) is 5.92 Å². The Kier molecular flexibility index (Phi) is 8.29. The number of hydrogen-bond acceptors (Lipinski definition) is 3. The van der Waals surface area contributed by atoms with Crippen LogP contribution in [0.15, 0.2) is 54.9 Å². The van der Waals surface area contributed by atoms with Gasteiger partial charge < -0.3 is 0 Å². The van der Waals surface area contributed by atoms with Crippen LogP contribution in [0.5, 0.6) is 0 Å². The molecule has 3 aromatic rings. The lowest BCUT2D eigenvalue weighted by Crippen LogP contribution is -2.37. The maximum absolute atomic E-state index is 14.0. The molecule has 1 saturated carbocycles. The van der Waals surface area contributed by atoms with Gasteiger partial charge in [0.25, 0.3) is 0 Å². The van der Waals surface area contributed by atoms with E-state index in [0.717, 1.165) is 17.0 Å². The summed E-state index contributed by atoms with van der Waals surface area (Å²) in [4.78, 5) is 8.95. The van der Waals surface area contributed by atoms with Crippen LogP contribution >= 0.6 is 0 Å². The van der Waals surface area contributed by atoms with Crippen LogP contribution in [0.25, 0.3) is 22.5 Å². The van der Waals surface area contributed by atoms with Gasteiger partial charge in [0.2, 0.25) is 0 Å². The molecule has 1 atom stereocenters. The highest BCUT2D eigenvalue weighted by Crippen LogP contribution is 2.49. The summed E-state index contributed by atoms with van der Waals surface area (Å²) in [6.45, 7) is 4.63. The van der Waals surface area contributed by atoms with E-state index in [1.54, 1.807) is 18.5 Å². The molecular weight excluding hydrogens is 433 g/mol. The molecule has 3 nitrogen and oxygen atoms in total. The highest BCUT2D eigenvalue weighted by Gasteiger charge is 2.40. The molecule has 0 radical (unpaired) electrons. The zero-order valence-corrected chi connectivity index (χ0v) is 21.1. The molecule has 4 rings (SSSR count). The molecule has 35 heavy (non-hydrogen) atoms. The minimum absolute atomic E-state index is 0.0251. The average molecular weight is 470 g/mol. The fraction of sp³-hybridized carbons (Fsp3) is 0.452. The predicted molar refractivity (Wildman–Crippen MR) is 140 cm³/mol. The topological polar surface area (TPSA) is 49.6 Å². The third kappa shape index (κ3) is 5.45. The van der Waals surface area contributed by atoms with Gasteiger partial charge in [0.05, 0.1) is 5.56 Å². The molecule has 1 aliphatic carbocycles. The molecule has 0 saturated heterocycles. The predicted octanol–water partition coefficient (Wildman–Crippen LogP) is 8.63. The molecule has 0 bridgehead atoms. The van der Waals surface area contributed by atoms with Gasteiger partial charge >= 0.3 is 0 Å². The van der Waals surface area contributed by atoms with E-state index in [4.69, 9.17) is 5.26 Å². The Morgan fingerprint density at radius 1 is 0.886 bits per heavy atom. The number of aromatic nitrogens is 2. The Hall–Kier alpha value is -3.06. The molecule has 1 fully saturated rings. The van der Waals surface area contributed by atoms with Gasteiger partial charge in [-0.3, -0.25) is 0 Å². The first-order valence-corrected chi connectivity index (χ1v) is 13.2. The minimum Gasteiger partial charge on any atom is -0.236 e. The van der Waals surface area contributed by atoms with Gasteiger partial charge in [0.1, 0.15) is 11.9 Å². The molecule has 0 spiro atoms. The number of rotatable bonds is 9. The largest absolute Gasteiger partial charge is 0.236 e. The second-order valence-corrected chi connectivity index (χ2v) is 10.0. The Morgan fingerprint density at radius 2 is 1.57 bits per heavy atom. The van der Waals surface area contributed by atoms with Gasteiger partial charge in [-0.25, -0.2) is 14.4 Å². The zero-order valence-electron chi connectivity index (χ0n) is 21.1. The van der Waals surface area contributed by atoms with E-state index in [1.165, 1.54) is 81.9 Å². The fourth-order valence-electron chi connectivity index (χ4n) is 5.98. The standard InChI is InChI=1S/C31H36FN3/c1-3-5-10-27(9-4-2)31(17-7-6-8-18-31)28-15-13-23(14-16-28)26-21-34-30(35-22-26)24-11-12-25(20-33)29(32)19-24/h11-16,19,21-22,27H,3-10,17-18H2,1-2H3. The molecule has 0 N–H and O–H groups in total. The molecule has 1 aromatic heterocycles. The number of nitriles is 1. The van der Waals surface area contributed by atoms with Crippen LogP contribution in [0, 0.1) is 23.1 Å². The van der Waals surface area contributed by atoms with Crippen LogP contribution in [0.4, 0.5) is 4.39 Å². The fourth-order valence-corrected chi connectivity index (χ4v) is 5.98. The first-order valence-electron chi connectivity index (χ1n) is 13.2. The van der Waals surface area contributed by atoms with Gasteiger partial charge in [0, 0.05) is 23.5 Å². The van der Waals surface area contributed by atoms with E-state index in [9.17, 15) is 4.39 Å². The lowest BCUT2D eigenvalue weighted by molar-refractivity contribution is 0.166. The number of unbranched alkanes of at least 4 members (excludes halogenated alkanes) is 1. The van der Waals surface area contributed by atoms with Crippen LogP contribution in [-0.4, -0.2) is 9.97 Å². The highest BCUT2D eigenvalue weighted by molar-refractivity contribution is 5.64. The zero-order chi connectivity index (χ0) is 24.7. The Morgan fingerprint density at radius 3 is 2.17 bits per heavy atom. The van der Waals surface area contributed by atoms with E-state index >= 15 is 0 Å². The summed E-state index contributed by atoms with van der Waals surface area (Å²) in [6, 6.07) is 15.4. The van der Waals surface area contributed by atoms with Crippen molar-refractivity contribution >= 4 is 0 Å². The molecule has 1 unspecified atom stereocenters. The highest BCUT2D eigenvalue weighted by atomic mass is 19.1. The molecule has 0 amide bonds. The molecule has 0 aliphatic heterocycles. The van der Waals surface area contributed by atoms with Crippen LogP contribution < -0.4 is 0 Å². The van der Waals surface area contributed by atoms with Crippen LogP contribution in [0.2, 0.25) is 0 Å². The summed E-state index contributed by atoms with van der Waals surface area (Å²) >= 11 is 0. The number of nitrogens with zero attached hydrogens (tertiary/aromatic N) is 3. The summed E-state index contributed by atoms with van der Waals surface area (Å²) in [5.74, 6) is 0.660. The van der Waals surface area contributed by atoms with Crippen molar-refractivity contribution in [3.05, 3.63) is 71.8 Å². The van der Waals surface area contributed by atoms with Crippen molar-refractivity contribution in [1.82, 2.24) is 9.97 Å². The summed E-state index contributed by atoms with van der Waals surface area (Å²) in [5, 5.41) is 8.93. The summed E-state index contributed by atoms with van der Waals surface area (Å²) in [7, 11) is 0. The SMILES string of the molecule is CCCCC(CCC)C1(c2ccc(-c3cnc(-c4ccc(C#N)c(F)c4)nc3)cc2)CCCCC1. The molecule has 1 heterocycles. The van der Waals surface area contributed by atoms with Gasteiger partial charge in [-0.2, -0.15) is 5.26 Å². The van der Waals surface area contributed by atoms with Crippen molar-refractivity contribution in [3.63, 3.8) is 0 Å². The normalized spacial score (nSPS) is 15.9. The molecule has 2 aromatic carbocycles. The third-order valence-corrected chi connectivity index (χ3v) is 7.86. The van der Waals surface area contributed by atoms with Crippen LogP contribution in [-0.2, 0) is 5.41 Å². The van der Waals surface area contributed by atoms with Gasteiger partial charge in [-0.15, -0.1) is 0 Å². The van der Waals surface area contributed by atoms with Gasteiger partial charge in [-0.1, -0.05) is 76.6 Å². The quantitative estimate of drug-likeness (QED) is 0.315. The van der Waals surface area contributed by atoms with Gasteiger partial charge in [0.15, 0.2) is 5.82 Å². The first-order chi connectivity index (χ1) is 17.1. The van der Waals surface area contributed by atoms with E-state index in [2.05, 4.69) is 48.1 Å². The van der Waals surface area contributed by atoms with Crippen molar-refractivity contribution in [3.8, 4) is 28.6 Å². The van der Waals surface area contributed by atoms with Crippen LogP contribution in [0.1, 0.15) is 89.2 Å². The lowest BCUT2D eigenvalue weighted by Gasteiger charge is -2.45. The Bertz CT molecular complexity index is 1140. The summed E-state index contributed by atoms with van der Waals surface area (Å²) in [5.41, 5.74) is 4.44. The van der Waals surface area contributed by atoms with Crippen molar-refractivity contribution in [1.29, 1.82) is 5.26 Å². The summed E-state index contributed by atoms with van der Waals surface area (Å²) < 4.78 is 14.0. The molecule has 4 heteroatoms. The van der Waals surface area contributed by atoms with Crippen molar-refractivity contribution < 1.29 is 4.39 Å². The Balaban J connectivity index is 1.58. The Labute approximate surface area is 209 Å². The average Bonchev–Trinajstić information content (AvgIpc) is 2.91. The van der Waals surface area contributed by atoms with Crippen molar-refractivity contribution in [2.45, 2.75) is 83.5 Å². The second-order valence-electron chi connectivity index (χ2n) is 10.0. The molecule has 182 valence electrons. The maximum atomic E-state index is 14.0. The number of hydrogen-bond donors (Lipinski definition) is 0. The lowest BCUT2D eigenvalue weighted by atomic mass is 9.60. The van der Waals surface area contributed by atoms with Gasteiger partial charge in [-0.05, 0) is 66.3 Å². The first kappa shape index (κ1) is 25.0. The van der Waals surface area contributed by atoms with E-state index in [-0.39, 0.29) is 5.56 Å². The summed E-state index contributed by atoms with van der Waals surface area (Å²) in [6.07, 6.45) is 16.7. The maximum Gasteiger partial charge on any atom is 0.159 e. The number of benzene rings is 2. The smallest absolute Gasteiger partial charge is 0.159 e. The monoisotopic (exact) mass is 469 g/mol. The molecule has 1 aliphatic rings. The van der Waals surface area contributed by atoms with E-state index < -0.39 is 5.82 Å². The van der Waals surface area contributed by atoms with E-state index in [0.29, 0.717) is 16.8 Å².